The first-order chi connectivity index (χ1) is 11.6. The second kappa shape index (κ2) is 7.26. The van der Waals surface area contributed by atoms with E-state index in [0.717, 1.165) is 37.6 Å². The third-order valence-electron chi connectivity index (χ3n) is 4.36. The first-order valence-corrected chi connectivity index (χ1v) is 8.75. The molecule has 5 heteroatoms. The van der Waals surface area contributed by atoms with Gasteiger partial charge in [0.15, 0.2) is 0 Å². The Balaban J connectivity index is 1.77. The molecule has 1 aromatic carbocycles. The number of aromatic nitrogens is 2. The summed E-state index contributed by atoms with van der Waals surface area (Å²) in [6, 6.07) is 6.39. The zero-order valence-corrected chi connectivity index (χ0v) is 15.1. The predicted octanol–water partition coefficient (Wildman–Crippen LogP) is 3.26. The van der Waals surface area contributed by atoms with Crippen LogP contribution in [0.4, 0.5) is 0 Å². The van der Waals surface area contributed by atoms with Gasteiger partial charge in [-0.25, -0.2) is 0 Å². The molecule has 130 valence electrons. The van der Waals surface area contributed by atoms with Crippen molar-refractivity contribution in [1.29, 1.82) is 0 Å². The van der Waals surface area contributed by atoms with Crippen molar-refractivity contribution in [2.45, 2.75) is 52.9 Å². The summed E-state index contributed by atoms with van der Waals surface area (Å²) in [5.41, 5.74) is 3.65. The van der Waals surface area contributed by atoms with E-state index in [1.165, 1.54) is 16.8 Å². The minimum atomic E-state index is 0.251. The fraction of sp³-hybridized carbons (Fsp3) is 0.526. The summed E-state index contributed by atoms with van der Waals surface area (Å²) in [5.74, 6) is 1.98. The Bertz CT molecular complexity index is 696. The van der Waals surface area contributed by atoms with E-state index in [0.29, 0.717) is 6.61 Å². The van der Waals surface area contributed by atoms with E-state index < -0.39 is 0 Å². The Morgan fingerprint density at radius 2 is 2.17 bits per heavy atom. The molecule has 0 saturated heterocycles. The van der Waals surface area contributed by atoms with Gasteiger partial charge in [-0.1, -0.05) is 0 Å². The van der Waals surface area contributed by atoms with E-state index in [2.05, 4.69) is 49.1 Å². The highest BCUT2D eigenvalue weighted by Crippen LogP contribution is 2.35. The highest BCUT2D eigenvalue weighted by Gasteiger charge is 2.22. The molecule has 0 radical (unpaired) electrons. The van der Waals surface area contributed by atoms with Crippen LogP contribution in [-0.4, -0.2) is 34.4 Å². The highest BCUT2D eigenvalue weighted by molar-refractivity contribution is 5.48. The van der Waals surface area contributed by atoms with Crippen LogP contribution in [0.3, 0.4) is 0 Å². The van der Waals surface area contributed by atoms with Crippen LogP contribution in [0.1, 0.15) is 37.6 Å². The summed E-state index contributed by atoms with van der Waals surface area (Å²) >= 11 is 0. The van der Waals surface area contributed by atoms with Gasteiger partial charge in [0.25, 0.3) is 0 Å². The van der Waals surface area contributed by atoms with E-state index in [1.54, 1.807) is 0 Å². The molecule has 0 amide bonds. The lowest BCUT2D eigenvalue weighted by Gasteiger charge is -2.20. The topological polar surface area (TPSA) is 39.5 Å². The summed E-state index contributed by atoms with van der Waals surface area (Å²) in [4.78, 5) is 2.28. The molecule has 2 heterocycles. The molecule has 0 N–H and O–H groups in total. The Hall–Kier alpha value is -2.01. The lowest BCUT2D eigenvalue weighted by Crippen LogP contribution is -2.20. The quantitative estimate of drug-likeness (QED) is 0.782. The third kappa shape index (κ3) is 3.56. The normalized spacial score (nSPS) is 16.3. The fourth-order valence-corrected chi connectivity index (χ4v) is 3.30. The number of benzene rings is 1. The Labute approximate surface area is 144 Å². The number of aryl methyl sites for hydroxylation is 1. The van der Waals surface area contributed by atoms with Crippen molar-refractivity contribution < 1.29 is 9.47 Å². The molecular formula is C19H27N3O2. The van der Waals surface area contributed by atoms with Gasteiger partial charge in [-0.2, -0.15) is 5.10 Å². The molecule has 1 aliphatic rings. The van der Waals surface area contributed by atoms with Crippen molar-refractivity contribution in [3.8, 4) is 11.5 Å². The van der Waals surface area contributed by atoms with Gasteiger partial charge in [0.2, 0.25) is 0 Å². The van der Waals surface area contributed by atoms with Crippen molar-refractivity contribution in [3.05, 3.63) is 41.2 Å². The van der Waals surface area contributed by atoms with Crippen LogP contribution in [0, 0.1) is 0 Å². The molecule has 1 unspecified atom stereocenters. The molecule has 0 aliphatic carbocycles. The van der Waals surface area contributed by atoms with Gasteiger partial charge in [0.05, 0.1) is 12.3 Å². The van der Waals surface area contributed by atoms with E-state index >= 15 is 0 Å². The van der Waals surface area contributed by atoms with Gasteiger partial charge in [0.1, 0.15) is 17.6 Å². The van der Waals surface area contributed by atoms with Gasteiger partial charge in [-0.05, 0) is 46.0 Å². The maximum Gasteiger partial charge on any atom is 0.124 e. The van der Waals surface area contributed by atoms with Crippen LogP contribution < -0.4 is 9.47 Å². The molecule has 3 rings (SSSR count). The minimum absolute atomic E-state index is 0.251. The molecule has 1 atom stereocenters. The van der Waals surface area contributed by atoms with Crippen molar-refractivity contribution in [1.82, 2.24) is 14.7 Å². The number of ether oxygens (including phenoxy) is 2. The van der Waals surface area contributed by atoms with Crippen LogP contribution >= 0.6 is 0 Å². The van der Waals surface area contributed by atoms with E-state index in [4.69, 9.17) is 9.47 Å². The predicted molar refractivity (Wildman–Crippen MR) is 94.5 cm³/mol. The molecule has 2 aromatic rings. The van der Waals surface area contributed by atoms with Gasteiger partial charge in [-0.3, -0.25) is 9.58 Å². The Morgan fingerprint density at radius 3 is 2.92 bits per heavy atom. The average Bonchev–Trinajstić information content (AvgIpc) is 3.12. The first kappa shape index (κ1) is 16.8. The van der Waals surface area contributed by atoms with Crippen LogP contribution in [0.2, 0.25) is 0 Å². The van der Waals surface area contributed by atoms with E-state index in [-0.39, 0.29) is 6.10 Å². The maximum absolute atomic E-state index is 5.92. The second-order valence-corrected chi connectivity index (χ2v) is 6.44. The lowest BCUT2D eigenvalue weighted by atomic mass is 10.1. The van der Waals surface area contributed by atoms with Crippen molar-refractivity contribution in [3.63, 3.8) is 0 Å². The van der Waals surface area contributed by atoms with E-state index in [1.807, 2.05) is 17.8 Å². The Kier molecular flexibility index (Phi) is 5.09. The van der Waals surface area contributed by atoms with Crippen molar-refractivity contribution in [2.75, 3.05) is 13.7 Å². The third-order valence-corrected chi connectivity index (χ3v) is 4.36. The lowest BCUT2D eigenvalue weighted by molar-refractivity contribution is 0.253. The SMILES string of the molecule is CCOc1cc2c(cc1CN(C)Cc1ccnn1CC)OC(C)C2. The van der Waals surface area contributed by atoms with Crippen LogP contribution in [0.5, 0.6) is 11.5 Å². The zero-order chi connectivity index (χ0) is 17.1. The number of fused-ring (bicyclic) bond motifs is 1. The summed E-state index contributed by atoms with van der Waals surface area (Å²) < 4.78 is 13.8. The smallest absolute Gasteiger partial charge is 0.124 e. The van der Waals surface area contributed by atoms with Gasteiger partial charge in [-0.15, -0.1) is 0 Å². The number of nitrogens with zero attached hydrogens (tertiary/aromatic N) is 3. The van der Waals surface area contributed by atoms with Crippen LogP contribution in [0.15, 0.2) is 24.4 Å². The summed E-state index contributed by atoms with van der Waals surface area (Å²) in [6.07, 6.45) is 3.07. The maximum atomic E-state index is 5.92. The number of hydrogen-bond donors (Lipinski definition) is 0. The molecule has 0 fully saturated rings. The monoisotopic (exact) mass is 329 g/mol. The summed E-state index contributed by atoms with van der Waals surface area (Å²) in [6.45, 7) is 9.49. The summed E-state index contributed by atoms with van der Waals surface area (Å²) in [5, 5.41) is 4.34. The highest BCUT2D eigenvalue weighted by atomic mass is 16.5. The van der Waals surface area contributed by atoms with E-state index in [9.17, 15) is 0 Å². The molecule has 5 nitrogen and oxygen atoms in total. The van der Waals surface area contributed by atoms with Gasteiger partial charge < -0.3 is 9.47 Å². The first-order valence-electron chi connectivity index (χ1n) is 8.75. The number of hydrogen-bond acceptors (Lipinski definition) is 4. The fourth-order valence-electron chi connectivity index (χ4n) is 3.30. The molecule has 1 aliphatic heterocycles. The Morgan fingerprint density at radius 1 is 1.33 bits per heavy atom. The molecule has 1 aromatic heterocycles. The molecule has 24 heavy (non-hydrogen) atoms. The summed E-state index contributed by atoms with van der Waals surface area (Å²) in [7, 11) is 2.12. The minimum Gasteiger partial charge on any atom is -0.494 e. The van der Waals surface area contributed by atoms with Gasteiger partial charge >= 0.3 is 0 Å². The average molecular weight is 329 g/mol. The zero-order valence-electron chi connectivity index (χ0n) is 15.1. The molecule has 0 spiro atoms. The van der Waals surface area contributed by atoms with Crippen molar-refractivity contribution in [2.24, 2.45) is 0 Å². The van der Waals surface area contributed by atoms with Crippen LogP contribution in [0.25, 0.3) is 0 Å². The van der Waals surface area contributed by atoms with Crippen molar-refractivity contribution >= 4 is 0 Å². The largest absolute Gasteiger partial charge is 0.494 e. The second-order valence-electron chi connectivity index (χ2n) is 6.44. The van der Waals surface area contributed by atoms with Crippen LogP contribution in [-0.2, 0) is 26.1 Å². The standard InChI is InChI=1S/C19H27N3O2/c1-5-22-17(7-8-20-22)13-21(4)12-16-11-19-15(9-14(3)24-19)10-18(16)23-6-2/h7-8,10-11,14H,5-6,9,12-13H2,1-4H3. The number of rotatable bonds is 7. The molecular weight excluding hydrogens is 302 g/mol. The van der Waals surface area contributed by atoms with Gasteiger partial charge in [0, 0.05) is 43.4 Å². The molecule has 0 bridgehead atoms. The molecule has 0 saturated carbocycles.